The third-order valence-electron chi connectivity index (χ3n) is 7.74. The molecule has 0 aliphatic heterocycles. The van der Waals surface area contributed by atoms with Crippen LogP contribution in [0.2, 0.25) is 0 Å². The highest BCUT2D eigenvalue weighted by molar-refractivity contribution is 6.36. The summed E-state index contributed by atoms with van der Waals surface area (Å²) in [6.45, 7) is 0. The number of nitriles is 1. The minimum absolute atomic E-state index is 0.682. The van der Waals surface area contributed by atoms with Crippen molar-refractivity contribution in [1.29, 1.82) is 5.26 Å². The fourth-order valence-corrected chi connectivity index (χ4v) is 6.16. The van der Waals surface area contributed by atoms with Gasteiger partial charge in [0.05, 0.1) is 22.7 Å². The average Bonchev–Trinajstić information content (AvgIpc) is 3.32. The van der Waals surface area contributed by atoms with Crippen molar-refractivity contribution in [3.05, 3.63) is 127 Å². The van der Waals surface area contributed by atoms with E-state index < -0.39 is 0 Å². The Morgan fingerprint density at radius 3 is 2.03 bits per heavy atom. The summed E-state index contributed by atoms with van der Waals surface area (Å²) in [6, 6.07) is 45.5. The third-order valence-corrected chi connectivity index (χ3v) is 7.74. The molecule has 2 nitrogen and oxygen atoms in total. The van der Waals surface area contributed by atoms with Gasteiger partial charge in [-0.3, -0.25) is 0 Å². The van der Waals surface area contributed by atoms with Crippen molar-refractivity contribution >= 4 is 64.9 Å². The van der Waals surface area contributed by atoms with Crippen LogP contribution < -0.4 is 0 Å². The van der Waals surface area contributed by atoms with Crippen LogP contribution in [0, 0.1) is 11.3 Å². The summed E-state index contributed by atoms with van der Waals surface area (Å²) >= 11 is 0. The number of hydrogen-bond acceptors (Lipinski definition) is 1. The number of benzene rings is 7. The van der Waals surface area contributed by atoms with Crippen molar-refractivity contribution in [3.8, 4) is 11.8 Å². The molecule has 0 aliphatic rings. The Bertz CT molecular complexity index is 2260. The molecule has 7 aromatic carbocycles. The first-order valence-corrected chi connectivity index (χ1v) is 12.5. The maximum Gasteiger partial charge on any atom is 0.0991 e. The van der Waals surface area contributed by atoms with E-state index in [4.69, 9.17) is 0 Å². The van der Waals surface area contributed by atoms with E-state index in [1.165, 1.54) is 54.1 Å². The molecule has 8 rings (SSSR count). The van der Waals surface area contributed by atoms with Crippen molar-refractivity contribution in [3.63, 3.8) is 0 Å². The van der Waals surface area contributed by atoms with Crippen LogP contribution in [0.4, 0.5) is 0 Å². The SMILES string of the molecule is N#Cc1ccc2cc(-n3c4ccccc4c4c5ccc6ccccc6c5c5ccccc5c43)ccc2c1. The zero-order chi connectivity index (χ0) is 24.5. The summed E-state index contributed by atoms with van der Waals surface area (Å²) in [6.07, 6.45) is 0. The summed E-state index contributed by atoms with van der Waals surface area (Å²) in [4.78, 5) is 0. The van der Waals surface area contributed by atoms with Gasteiger partial charge in [0.2, 0.25) is 0 Å². The van der Waals surface area contributed by atoms with Crippen LogP contribution in [0.1, 0.15) is 5.56 Å². The minimum atomic E-state index is 0.682. The molecule has 1 aromatic heterocycles. The summed E-state index contributed by atoms with van der Waals surface area (Å²) in [5.41, 5.74) is 4.22. The second kappa shape index (κ2) is 7.43. The summed E-state index contributed by atoms with van der Waals surface area (Å²) in [7, 11) is 0. The molecule has 37 heavy (non-hydrogen) atoms. The van der Waals surface area contributed by atoms with Crippen LogP contribution >= 0.6 is 0 Å². The van der Waals surface area contributed by atoms with Crippen molar-refractivity contribution in [2.75, 3.05) is 0 Å². The van der Waals surface area contributed by atoms with Crippen molar-refractivity contribution in [2.24, 2.45) is 0 Å². The zero-order valence-corrected chi connectivity index (χ0v) is 19.9. The van der Waals surface area contributed by atoms with E-state index in [2.05, 4.69) is 114 Å². The maximum atomic E-state index is 9.34. The van der Waals surface area contributed by atoms with Crippen LogP contribution in [-0.2, 0) is 0 Å². The number of nitrogens with zero attached hydrogens (tertiary/aromatic N) is 2. The van der Waals surface area contributed by atoms with Crippen molar-refractivity contribution in [2.45, 2.75) is 0 Å². The second-order valence-corrected chi connectivity index (χ2v) is 9.69. The fraction of sp³-hybridized carbons (Fsp3) is 0. The van der Waals surface area contributed by atoms with E-state index in [0.717, 1.165) is 16.5 Å². The molecule has 0 unspecified atom stereocenters. The highest BCUT2D eigenvalue weighted by atomic mass is 15.0. The van der Waals surface area contributed by atoms with Crippen molar-refractivity contribution in [1.82, 2.24) is 4.57 Å². The van der Waals surface area contributed by atoms with Crippen LogP contribution in [0.25, 0.3) is 70.6 Å². The molecule has 2 heteroatoms. The standard InChI is InChI=1S/C35H20N2/c36-21-22-13-14-25-20-26(17-15-24(25)19-22)37-32-12-6-5-11-30(32)34-31-18-16-23-7-1-2-8-27(23)33(31)28-9-3-4-10-29(28)35(34)37/h1-20H. The number of fused-ring (bicyclic) bond motifs is 11. The first-order valence-electron chi connectivity index (χ1n) is 12.5. The Morgan fingerprint density at radius 2 is 1.16 bits per heavy atom. The first kappa shape index (κ1) is 20.1. The lowest BCUT2D eigenvalue weighted by atomic mass is 9.93. The predicted octanol–water partition coefficient (Wildman–Crippen LogP) is 9.27. The topological polar surface area (TPSA) is 28.7 Å². The Morgan fingerprint density at radius 1 is 0.486 bits per heavy atom. The molecule has 0 fully saturated rings. The van der Waals surface area contributed by atoms with Crippen LogP contribution in [0.5, 0.6) is 0 Å². The van der Waals surface area contributed by atoms with Gasteiger partial charge in [-0.05, 0) is 68.0 Å². The molecule has 0 saturated heterocycles. The predicted molar refractivity (Wildman–Crippen MR) is 156 cm³/mol. The van der Waals surface area contributed by atoms with Gasteiger partial charge in [-0.15, -0.1) is 0 Å². The number of para-hydroxylation sites is 1. The lowest BCUT2D eigenvalue weighted by molar-refractivity contribution is 1.19. The van der Waals surface area contributed by atoms with Gasteiger partial charge in [-0.2, -0.15) is 5.26 Å². The molecule has 0 aliphatic carbocycles. The molecular formula is C35H20N2. The van der Waals surface area contributed by atoms with Crippen LogP contribution in [0.15, 0.2) is 121 Å². The van der Waals surface area contributed by atoms with Gasteiger partial charge in [0.25, 0.3) is 0 Å². The van der Waals surface area contributed by atoms with Gasteiger partial charge in [0.1, 0.15) is 0 Å². The fourth-order valence-electron chi connectivity index (χ4n) is 6.16. The molecular weight excluding hydrogens is 448 g/mol. The molecule has 0 spiro atoms. The van der Waals surface area contributed by atoms with E-state index in [1.54, 1.807) is 0 Å². The van der Waals surface area contributed by atoms with Gasteiger partial charge >= 0.3 is 0 Å². The molecule has 0 atom stereocenters. The highest BCUT2D eigenvalue weighted by Crippen LogP contribution is 2.44. The summed E-state index contributed by atoms with van der Waals surface area (Å²) in [5.74, 6) is 0. The smallest absolute Gasteiger partial charge is 0.0991 e. The molecule has 8 aromatic rings. The lowest BCUT2D eigenvalue weighted by Gasteiger charge is -2.14. The second-order valence-electron chi connectivity index (χ2n) is 9.69. The van der Waals surface area contributed by atoms with Gasteiger partial charge in [0.15, 0.2) is 0 Å². The van der Waals surface area contributed by atoms with E-state index in [0.29, 0.717) is 5.56 Å². The van der Waals surface area contributed by atoms with E-state index in [9.17, 15) is 5.26 Å². The van der Waals surface area contributed by atoms with Gasteiger partial charge in [-0.25, -0.2) is 0 Å². The van der Waals surface area contributed by atoms with E-state index in [1.807, 2.05) is 18.2 Å². The number of rotatable bonds is 1. The zero-order valence-electron chi connectivity index (χ0n) is 19.9. The van der Waals surface area contributed by atoms with E-state index >= 15 is 0 Å². The molecule has 0 N–H and O–H groups in total. The minimum Gasteiger partial charge on any atom is -0.309 e. The Labute approximate surface area is 213 Å². The molecule has 0 radical (unpaired) electrons. The maximum absolute atomic E-state index is 9.34. The number of aromatic nitrogens is 1. The average molecular weight is 469 g/mol. The Kier molecular flexibility index (Phi) is 4.04. The summed E-state index contributed by atoms with van der Waals surface area (Å²) in [5, 5.41) is 21.7. The van der Waals surface area contributed by atoms with Gasteiger partial charge < -0.3 is 4.57 Å². The largest absolute Gasteiger partial charge is 0.309 e. The van der Waals surface area contributed by atoms with Crippen LogP contribution in [-0.4, -0.2) is 4.57 Å². The molecule has 1 heterocycles. The monoisotopic (exact) mass is 468 g/mol. The lowest BCUT2D eigenvalue weighted by Crippen LogP contribution is -1.95. The highest BCUT2D eigenvalue weighted by Gasteiger charge is 2.19. The van der Waals surface area contributed by atoms with E-state index in [-0.39, 0.29) is 0 Å². The third kappa shape index (κ3) is 2.74. The quantitative estimate of drug-likeness (QED) is 0.221. The molecule has 0 amide bonds. The molecule has 170 valence electrons. The van der Waals surface area contributed by atoms with Gasteiger partial charge in [-0.1, -0.05) is 91.0 Å². The molecule has 0 bridgehead atoms. The van der Waals surface area contributed by atoms with Crippen molar-refractivity contribution < 1.29 is 0 Å². The molecule has 0 saturated carbocycles. The summed E-state index contributed by atoms with van der Waals surface area (Å²) < 4.78 is 2.42. The normalized spacial score (nSPS) is 11.8. The number of hydrogen-bond donors (Lipinski definition) is 0. The first-order chi connectivity index (χ1) is 18.3. The van der Waals surface area contributed by atoms with Crippen LogP contribution in [0.3, 0.4) is 0 Å². The Balaban J connectivity index is 1.61. The van der Waals surface area contributed by atoms with Gasteiger partial charge in [0, 0.05) is 21.8 Å². The Hall–Kier alpha value is -5.13.